The average molecular weight is 778 g/mol. The quantitative estimate of drug-likeness (QED) is 0.150. The van der Waals surface area contributed by atoms with Crippen molar-refractivity contribution in [2.45, 2.75) is 95.6 Å². The first-order valence-corrected chi connectivity index (χ1v) is 21.0. The molecule has 0 aliphatic carbocycles. The number of hydrogen-bond acceptors (Lipinski definition) is 14. The molecule has 17 heteroatoms. The summed E-state index contributed by atoms with van der Waals surface area (Å²) in [5, 5.41) is 15.9. The van der Waals surface area contributed by atoms with Gasteiger partial charge in [-0.1, -0.05) is 31.1 Å². The van der Waals surface area contributed by atoms with Gasteiger partial charge in [-0.05, 0) is 68.0 Å². The Morgan fingerprint density at radius 2 is 1.70 bits per heavy atom. The average Bonchev–Trinajstić information content (AvgIpc) is 3.76. The summed E-state index contributed by atoms with van der Waals surface area (Å²) >= 11 is 0. The van der Waals surface area contributed by atoms with E-state index in [-0.39, 0.29) is 37.0 Å². The number of methoxy groups -OCH3 is 2. The van der Waals surface area contributed by atoms with Crippen molar-refractivity contribution in [1.82, 2.24) is 15.4 Å². The van der Waals surface area contributed by atoms with Gasteiger partial charge in [0.1, 0.15) is 24.2 Å². The van der Waals surface area contributed by atoms with Gasteiger partial charge in [-0.15, -0.1) is 0 Å². The van der Waals surface area contributed by atoms with E-state index in [1.165, 1.54) is 4.90 Å². The van der Waals surface area contributed by atoms with Gasteiger partial charge in [-0.25, -0.2) is 13.2 Å². The van der Waals surface area contributed by atoms with Crippen molar-refractivity contribution in [2.24, 2.45) is 11.8 Å². The second-order valence-corrected chi connectivity index (χ2v) is 18.7. The smallest absolute Gasteiger partial charge is 0.430 e. The molecule has 53 heavy (non-hydrogen) atoms. The molecular formula is C36H51N5O10S2. The first-order chi connectivity index (χ1) is 25.0. The van der Waals surface area contributed by atoms with Gasteiger partial charge in [0.05, 0.1) is 29.5 Å². The number of piperidine rings is 1. The van der Waals surface area contributed by atoms with Gasteiger partial charge >= 0.3 is 6.16 Å². The predicted octanol–water partition coefficient (Wildman–Crippen LogP) is 4.59. The standard InChI is InChI=1S/C36H51N5O10S2/c1-21(2)32(30-18-31(39-51-30)40-15-13-27(14-16-40)35(47-6)48-7)34(43)41-20-28(50-36(44)49-23(4)24(5)52-53(8,45)46)17-29(41)33(42)38-22(3)26-11-9-25(19-37)10-12-26/h9-12,18,21-24,27-29,32,35H,13-17,20H2,1-8H3,(H,38,42)/t22?,23?,24?,28-,29+,32?/m1/s1. The van der Waals surface area contributed by atoms with Crippen molar-refractivity contribution >= 4 is 43.5 Å². The third kappa shape index (κ3) is 11.1. The zero-order valence-corrected chi connectivity index (χ0v) is 33.1. The number of hydrogen-bond donors (Lipinski definition) is 1. The Kier molecular flexibility index (Phi) is 14.6. The van der Waals surface area contributed by atoms with Gasteiger partial charge in [0.25, 0.3) is 0 Å². The highest BCUT2D eigenvalue weighted by Gasteiger charge is 2.46. The lowest BCUT2D eigenvalue weighted by Crippen LogP contribution is -2.48. The molecule has 3 heterocycles. The van der Waals surface area contributed by atoms with E-state index < -0.39 is 56.4 Å². The van der Waals surface area contributed by atoms with Crippen LogP contribution in [0.25, 0.3) is 0 Å². The van der Waals surface area contributed by atoms with Gasteiger partial charge in [0.15, 0.2) is 26.7 Å². The number of amides is 2. The molecule has 1 aromatic heterocycles. The predicted molar refractivity (Wildman–Crippen MR) is 197 cm³/mol. The summed E-state index contributed by atoms with van der Waals surface area (Å²) in [7, 11) is 0.541. The molecular weight excluding hydrogens is 727 g/mol. The lowest BCUT2D eigenvalue weighted by Gasteiger charge is -2.34. The lowest BCUT2D eigenvalue weighted by molar-refractivity contribution is -0.141. The van der Waals surface area contributed by atoms with Crippen LogP contribution in [0.2, 0.25) is 0 Å². The normalized spacial score (nSPS) is 20.5. The Balaban J connectivity index is 1.52. The molecule has 2 saturated heterocycles. The van der Waals surface area contributed by atoms with E-state index in [4.69, 9.17) is 23.5 Å². The van der Waals surface area contributed by atoms with Crippen LogP contribution in [0.5, 0.6) is 0 Å². The summed E-state index contributed by atoms with van der Waals surface area (Å²) in [6, 6.07) is 9.20. The lowest BCUT2D eigenvalue weighted by atomic mass is 9.91. The zero-order chi connectivity index (χ0) is 39.0. The largest absolute Gasteiger partial charge is 0.508 e. The van der Waals surface area contributed by atoms with E-state index in [1.54, 1.807) is 65.3 Å². The maximum absolute atomic E-state index is 14.5. The highest BCUT2D eigenvalue weighted by molar-refractivity contribution is 8.72. The topological polar surface area (TPSA) is 191 Å². The summed E-state index contributed by atoms with van der Waals surface area (Å²) in [6.07, 6.45) is -0.286. The fraction of sp³-hybridized carbons (Fsp3) is 0.639. The number of anilines is 1. The van der Waals surface area contributed by atoms with Crippen molar-refractivity contribution in [2.75, 3.05) is 45.0 Å². The van der Waals surface area contributed by atoms with Gasteiger partial charge in [-0.3, -0.25) is 9.59 Å². The van der Waals surface area contributed by atoms with Gasteiger partial charge in [-0.2, -0.15) is 5.26 Å². The fourth-order valence-corrected chi connectivity index (χ4v) is 9.64. The summed E-state index contributed by atoms with van der Waals surface area (Å²) in [5.74, 6) is -0.687. The van der Waals surface area contributed by atoms with Crippen LogP contribution < -0.4 is 10.2 Å². The van der Waals surface area contributed by atoms with Crippen LogP contribution in [0, 0.1) is 23.2 Å². The fourth-order valence-electron chi connectivity index (χ4n) is 6.75. The number of carbonyl (C=O) groups is 3. The van der Waals surface area contributed by atoms with Gasteiger partial charge in [0.2, 0.25) is 11.8 Å². The number of nitrogens with one attached hydrogen (secondary N) is 1. The zero-order valence-electron chi connectivity index (χ0n) is 31.5. The van der Waals surface area contributed by atoms with Crippen molar-refractivity contribution in [3.8, 4) is 6.07 Å². The molecule has 0 spiro atoms. The van der Waals surface area contributed by atoms with E-state index in [1.807, 2.05) is 13.8 Å². The molecule has 2 aromatic rings. The third-order valence-electron chi connectivity index (χ3n) is 9.75. The number of rotatable bonds is 15. The maximum Gasteiger partial charge on any atom is 0.508 e. The molecule has 292 valence electrons. The Hall–Kier alpha value is -3.85. The Morgan fingerprint density at radius 3 is 2.26 bits per heavy atom. The van der Waals surface area contributed by atoms with Crippen molar-refractivity contribution in [3.63, 3.8) is 0 Å². The van der Waals surface area contributed by atoms with Crippen LogP contribution in [-0.2, 0) is 37.4 Å². The van der Waals surface area contributed by atoms with Crippen LogP contribution in [0.1, 0.15) is 82.7 Å². The van der Waals surface area contributed by atoms with Crippen LogP contribution in [0.3, 0.4) is 0 Å². The molecule has 4 unspecified atom stereocenters. The first kappa shape index (κ1) is 41.9. The highest BCUT2D eigenvalue weighted by Crippen LogP contribution is 2.35. The number of nitrogens with zero attached hydrogens (tertiary/aromatic N) is 4. The molecule has 15 nitrogen and oxygen atoms in total. The summed E-state index contributed by atoms with van der Waals surface area (Å²) in [4.78, 5) is 44.8. The van der Waals surface area contributed by atoms with E-state index >= 15 is 0 Å². The van der Waals surface area contributed by atoms with E-state index in [9.17, 15) is 28.1 Å². The molecule has 2 aliphatic rings. The molecule has 4 rings (SSSR count). The molecule has 1 aromatic carbocycles. The minimum Gasteiger partial charge on any atom is -0.430 e. The maximum atomic E-state index is 14.5. The number of aromatic nitrogens is 1. The van der Waals surface area contributed by atoms with Crippen molar-refractivity contribution in [1.29, 1.82) is 5.26 Å². The number of benzene rings is 1. The van der Waals surface area contributed by atoms with Gasteiger partial charge in [0, 0.05) is 52.0 Å². The second kappa shape index (κ2) is 18.5. The molecule has 0 saturated carbocycles. The van der Waals surface area contributed by atoms with E-state index in [0.717, 1.165) is 24.7 Å². The Bertz CT molecular complexity index is 1700. The molecule has 6 atom stereocenters. The van der Waals surface area contributed by atoms with Crippen molar-refractivity contribution in [3.05, 3.63) is 47.2 Å². The summed E-state index contributed by atoms with van der Waals surface area (Å²) < 4.78 is 51.2. The van der Waals surface area contributed by atoms with Crippen LogP contribution >= 0.6 is 10.8 Å². The number of carbonyl (C=O) groups excluding carboxylic acids is 3. The van der Waals surface area contributed by atoms with Crippen LogP contribution in [-0.4, -0.2) is 106 Å². The minimum atomic E-state index is -3.39. The molecule has 0 radical (unpaired) electrons. The Morgan fingerprint density at radius 1 is 1.06 bits per heavy atom. The summed E-state index contributed by atoms with van der Waals surface area (Å²) in [5.41, 5.74) is 1.24. The molecule has 1 N–H and O–H groups in total. The molecule has 2 amide bonds. The third-order valence-corrected chi connectivity index (χ3v) is 12.7. The molecule has 2 aliphatic heterocycles. The van der Waals surface area contributed by atoms with Crippen LogP contribution in [0.15, 0.2) is 34.9 Å². The van der Waals surface area contributed by atoms with Gasteiger partial charge < -0.3 is 38.6 Å². The summed E-state index contributed by atoms with van der Waals surface area (Å²) in [6.45, 7) is 10.1. The van der Waals surface area contributed by atoms with Crippen LogP contribution in [0.4, 0.5) is 10.6 Å². The van der Waals surface area contributed by atoms with E-state index in [2.05, 4.69) is 21.4 Å². The second-order valence-electron chi connectivity index (χ2n) is 14.0. The molecule has 2 fully saturated rings. The SMILES string of the molecule is COC(OC)C1CCN(c2cc(C(C(=O)N3C[C@H](OC(=O)OC(C)C(C)SS(C)(=O)=O)C[C@H]3C(=O)NC(C)c3ccc(C#N)cc3)C(C)C)on2)CC1. The van der Waals surface area contributed by atoms with E-state index in [0.29, 0.717) is 41.0 Å². The number of nitriles is 1. The minimum absolute atomic E-state index is 0.000143. The highest BCUT2D eigenvalue weighted by atomic mass is 33.1. The van der Waals surface area contributed by atoms with Crippen molar-refractivity contribution < 1.29 is 46.3 Å². The Labute approximate surface area is 315 Å². The monoisotopic (exact) mass is 777 g/mol. The number of ether oxygens (including phenoxy) is 4. The first-order valence-electron chi connectivity index (χ1n) is 17.7. The molecule has 0 bridgehead atoms. The number of likely N-dealkylation sites (tertiary alicyclic amines) is 1.